The number of fused-ring (bicyclic) bond motifs is 1. The van der Waals surface area contributed by atoms with Crippen LogP contribution in [0.3, 0.4) is 0 Å². The van der Waals surface area contributed by atoms with E-state index in [1.54, 1.807) is 6.07 Å². The average Bonchev–Trinajstić information content (AvgIpc) is 2.55. The normalized spacial score (nSPS) is 24.9. The molecule has 1 nitrogen and oxygen atoms in total. The molecule has 1 aromatic carbocycles. The van der Waals surface area contributed by atoms with Crippen molar-refractivity contribution in [2.45, 2.75) is 51.9 Å². The van der Waals surface area contributed by atoms with Crippen molar-refractivity contribution in [1.82, 2.24) is 0 Å². The lowest BCUT2D eigenvalue weighted by Gasteiger charge is -2.31. The highest BCUT2D eigenvalue weighted by Crippen LogP contribution is 2.39. The number of nitriles is 1. The van der Waals surface area contributed by atoms with Gasteiger partial charge in [-0.1, -0.05) is 31.1 Å². The summed E-state index contributed by atoms with van der Waals surface area (Å²) in [5, 5.41) is 8.92. The Bertz CT molecular complexity index is 601. The minimum atomic E-state index is -0.306. The van der Waals surface area contributed by atoms with Crippen molar-refractivity contribution in [3.05, 3.63) is 40.2 Å². The lowest BCUT2D eigenvalue weighted by Crippen LogP contribution is -2.17. The first kappa shape index (κ1) is 14.3. The van der Waals surface area contributed by atoms with E-state index in [0.717, 1.165) is 29.9 Å². The summed E-state index contributed by atoms with van der Waals surface area (Å²) in [6.07, 6.45) is 10.5. The van der Waals surface area contributed by atoms with Crippen LogP contribution in [0.1, 0.15) is 62.1 Å². The number of allylic oxidation sites excluding steroid dienone is 1. The van der Waals surface area contributed by atoms with Crippen molar-refractivity contribution in [3.8, 4) is 6.07 Å². The second-order valence-electron chi connectivity index (χ2n) is 6.45. The summed E-state index contributed by atoms with van der Waals surface area (Å²) in [6.45, 7) is 2.29. The van der Waals surface area contributed by atoms with Gasteiger partial charge in [0, 0.05) is 0 Å². The molecule has 0 spiro atoms. The molecule has 0 saturated heterocycles. The molecule has 0 aromatic heterocycles. The topological polar surface area (TPSA) is 23.8 Å². The molecule has 3 rings (SSSR count). The molecule has 2 aliphatic rings. The van der Waals surface area contributed by atoms with Gasteiger partial charge in [-0.25, -0.2) is 4.39 Å². The fourth-order valence-electron chi connectivity index (χ4n) is 3.92. The van der Waals surface area contributed by atoms with Crippen LogP contribution in [0.25, 0.3) is 6.08 Å². The summed E-state index contributed by atoms with van der Waals surface area (Å²) < 4.78 is 14.2. The van der Waals surface area contributed by atoms with E-state index in [1.807, 2.05) is 12.1 Å². The van der Waals surface area contributed by atoms with Gasteiger partial charge in [0.1, 0.15) is 11.9 Å². The molecule has 0 amide bonds. The molecule has 2 heteroatoms. The van der Waals surface area contributed by atoms with E-state index in [9.17, 15) is 4.39 Å². The third kappa shape index (κ3) is 2.75. The molecular formula is C19H22FN. The number of nitrogens with zero attached hydrogens (tertiary/aromatic N) is 1. The van der Waals surface area contributed by atoms with Crippen molar-refractivity contribution in [2.75, 3.05) is 0 Å². The van der Waals surface area contributed by atoms with Crippen LogP contribution in [0.5, 0.6) is 0 Å². The molecule has 1 fully saturated rings. The standard InChI is InChI=1S/C19H22FN/c1-2-13-3-5-14(6-4-13)15-9-10-18-16(11-15)7-8-17(12-21)19(18)20/h7-8,11,13-14H,2-6,9-10H2,1H3. The molecule has 0 radical (unpaired) electrons. The maximum atomic E-state index is 14.2. The highest BCUT2D eigenvalue weighted by molar-refractivity contribution is 5.62. The molecule has 0 unspecified atom stereocenters. The molecular weight excluding hydrogens is 261 g/mol. The van der Waals surface area contributed by atoms with Crippen molar-refractivity contribution in [2.24, 2.45) is 11.8 Å². The molecule has 0 heterocycles. The van der Waals surface area contributed by atoms with E-state index < -0.39 is 0 Å². The maximum absolute atomic E-state index is 14.2. The molecule has 0 bridgehead atoms. The van der Waals surface area contributed by atoms with Gasteiger partial charge in [-0.05, 0) is 67.6 Å². The number of rotatable bonds is 2. The Labute approximate surface area is 126 Å². The second kappa shape index (κ2) is 6.02. The molecule has 21 heavy (non-hydrogen) atoms. The van der Waals surface area contributed by atoms with Gasteiger partial charge in [0.2, 0.25) is 0 Å². The van der Waals surface area contributed by atoms with E-state index in [1.165, 1.54) is 37.7 Å². The van der Waals surface area contributed by atoms with Crippen molar-refractivity contribution >= 4 is 6.08 Å². The Morgan fingerprint density at radius 3 is 2.62 bits per heavy atom. The summed E-state index contributed by atoms with van der Waals surface area (Å²) in [7, 11) is 0. The van der Waals surface area contributed by atoms with Gasteiger partial charge in [0.05, 0.1) is 5.56 Å². The van der Waals surface area contributed by atoms with Crippen LogP contribution in [0.4, 0.5) is 4.39 Å². The Balaban J connectivity index is 1.82. The van der Waals surface area contributed by atoms with Gasteiger partial charge in [0.25, 0.3) is 0 Å². The van der Waals surface area contributed by atoms with Gasteiger partial charge >= 0.3 is 0 Å². The fraction of sp³-hybridized carbons (Fsp3) is 0.526. The van der Waals surface area contributed by atoms with Gasteiger partial charge in [-0.15, -0.1) is 0 Å². The van der Waals surface area contributed by atoms with E-state index >= 15 is 0 Å². The zero-order valence-electron chi connectivity index (χ0n) is 12.7. The van der Waals surface area contributed by atoms with Gasteiger partial charge in [0.15, 0.2) is 0 Å². The molecule has 110 valence electrons. The zero-order chi connectivity index (χ0) is 14.8. The molecule has 0 atom stereocenters. The SMILES string of the molecule is CCC1CCC(C2=Cc3ccc(C#N)c(F)c3CC2)CC1. The van der Waals surface area contributed by atoms with Crippen molar-refractivity contribution in [1.29, 1.82) is 5.26 Å². The van der Waals surface area contributed by atoms with Gasteiger partial charge in [-0.2, -0.15) is 5.26 Å². The van der Waals surface area contributed by atoms with Crippen LogP contribution >= 0.6 is 0 Å². The van der Waals surface area contributed by atoms with E-state index in [-0.39, 0.29) is 11.4 Å². The number of halogens is 1. The monoisotopic (exact) mass is 283 g/mol. The van der Waals surface area contributed by atoms with Crippen LogP contribution in [-0.4, -0.2) is 0 Å². The quantitative estimate of drug-likeness (QED) is 0.727. The first-order valence-corrected chi connectivity index (χ1v) is 8.14. The summed E-state index contributed by atoms with van der Waals surface area (Å²) in [5.41, 5.74) is 3.40. The second-order valence-corrected chi connectivity index (χ2v) is 6.45. The first-order chi connectivity index (χ1) is 10.2. The van der Waals surface area contributed by atoms with Crippen molar-refractivity contribution < 1.29 is 4.39 Å². The molecule has 1 aromatic rings. The lowest BCUT2D eigenvalue weighted by molar-refractivity contribution is 0.292. The van der Waals surface area contributed by atoms with Crippen LogP contribution in [0, 0.1) is 29.0 Å². The van der Waals surface area contributed by atoms with Gasteiger partial charge < -0.3 is 0 Å². The third-order valence-electron chi connectivity index (χ3n) is 5.35. The Hall–Kier alpha value is -1.62. The maximum Gasteiger partial charge on any atom is 0.144 e. The largest absolute Gasteiger partial charge is 0.205 e. The van der Waals surface area contributed by atoms with E-state index in [0.29, 0.717) is 5.92 Å². The molecule has 0 N–H and O–H groups in total. The Morgan fingerprint density at radius 1 is 1.19 bits per heavy atom. The average molecular weight is 283 g/mol. The Kier molecular flexibility index (Phi) is 4.10. The minimum Gasteiger partial charge on any atom is -0.205 e. The fourth-order valence-corrected chi connectivity index (χ4v) is 3.92. The van der Waals surface area contributed by atoms with Crippen molar-refractivity contribution in [3.63, 3.8) is 0 Å². The summed E-state index contributed by atoms with van der Waals surface area (Å²) in [4.78, 5) is 0. The summed E-state index contributed by atoms with van der Waals surface area (Å²) >= 11 is 0. The lowest BCUT2D eigenvalue weighted by atomic mass is 9.74. The number of benzene rings is 1. The predicted octanol–water partition coefficient (Wildman–Crippen LogP) is 5.24. The zero-order valence-corrected chi connectivity index (χ0v) is 12.7. The number of hydrogen-bond donors (Lipinski definition) is 0. The first-order valence-electron chi connectivity index (χ1n) is 8.14. The highest BCUT2D eigenvalue weighted by Gasteiger charge is 2.25. The van der Waals surface area contributed by atoms with Crippen LogP contribution in [0.2, 0.25) is 0 Å². The molecule has 1 saturated carbocycles. The highest BCUT2D eigenvalue weighted by atomic mass is 19.1. The predicted molar refractivity (Wildman–Crippen MR) is 83.2 cm³/mol. The van der Waals surface area contributed by atoms with Crippen LogP contribution in [-0.2, 0) is 6.42 Å². The smallest absolute Gasteiger partial charge is 0.144 e. The Morgan fingerprint density at radius 2 is 1.95 bits per heavy atom. The van der Waals surface area contributed by atoms with Gasteiger partial charge in [-0.3, -0.25) is 0 Å². The summed E-state index contributed by atoms with van der Waals surface area (Å²) in [6, 6.07) is 5.46. The van der Waals surface area contributed by atoms with E-state index in [2.05, 4.69) is 13.0 Å². The van der Waals surface area contributed by atoms with Crippen LogP contribution in [0.15, 0.2) is 17.7 Å². The minimum absolute atomic E-state index is 0.175. The summed E-state index contributed by atoms with van der Waals surface area (Å²) in [5.74, 6) is 1.30. The van der Waals surface area contributed by atoms with E-state index in [4.69, 9.17) is 5.26 Å². The third-order valence-corrected chi connectivity index (χ3v) is 5.35. The molecule has 0 aliphatic heterocycles. The molecule has 2 aliphatic carbocycles. The van der Waals surface area contributed by atoms with Crippen LogP contribution < -0.4 is 0 Å². The number of hydrogen-bond acceptors (Lipinski definition) is 1.